The van der Waals surface area contributed by atoms with Gasteiger partial charge in [-0.05, 0) is 15.9 Å². The van der Waals surface area contributed by atoms with E-state index in [1.807, 2.05) is 4.90 Å². The molecular weight excluding hydrogens is 316 g/mol. The van der Waals surface area contributed by atoms with Crippen LogP contribution in [0, 0.1) is 0 Å². The van der Waals surface area contributed by atoms with Crippen LogP contribution in [0.5, 0.6) is 0 Å². The topological polar surface area (TPSA) is 66.4 Å². The largest absolute Gasteiger partial charge is 0.344 e. The fraction of sp³-hybridized carbons (Fsp3) is 0.714. The first kappa shape index (κ1) is 12.2. The van der Waals surface area contributed by atoms with E-state index in [1.54, 1.807) is 0 Å². The van der Waals surface area contributed by atoms with E-state index in [0.29, 0.717) is 26.2 Å². The summed E-state index contributed by atoms with van der Waals surface area (Å²) in [6, 6.07) is 0. The molecule has 0 atom stereocenters. The van der Waals surface area contributed by atoms with Crippen LogP contribution in [0.2, 0.25) is 0 Å². The van der Waals surface area contributed by atoms with Crippen molar-refractivity contribution in [1.29, 1.82) is 0 Å². The third kappa shape index (κ3) is 2.70. The number of sulfonamides is 1. The summed E-state index contributed by atoms with van der Waals surface area (Å²) in [5.41, 5.74) is 0. The Morgan fingerprint density at radius 1 is 1.25 bits per heavy atom. The van der Waals surface area contributed by atoms with Gasteiger partial charge in [0.2, 0.25) is 15.2 Å². The second-order valence-corrected chi connectivity index (χ2v) is 7.70. The molecule has 0 radical (unpaired) electrons. The molecule has 1 aromatic heterocycles. The monoisotopic (exact) mass is 326 g/mol. The number of nitrogens with zero attached hydrogens (tertiary/aromatic N) is 4. The minimum absolute atomic E-state index is 0.510. The van der Waals surface area contributed by atoms with Gasteiger partial charge < -0.3 is 4.90 Å². The van der Waals surface area contributed by atoms with Crippen molar-refractivity contribution in [1.82, 2.24) is 14.5 Å². The van der Waals surface area contributed by atoms with E-state index in [1.165, 1.54) is 21.9 Å². The summed E-state index contributed by atoms with van der Waals surface area (Å²) in [5.74, 6) is 0. The molecular formula is C7H11BrN4O2S2. The zero-order valence-corrected chi connectivity index (χ0v) is 11.8. The fourth-order valence-electron chi connectivity index (χ4n) is 1.54. The lowest BCUT2D eigenvalue weighted by Crippen LogP contribution is -2.48. The van der Waals surface area contributed by atoms with Gasteiger partial charge in [-0.2, -0.15) is 4.31 Å². The van der Waals surface area contributed by atoms with Crippen LogP contribution >= 0.6 is 27.3 Å². The van der Waals surface area contributed by atoms with Crippen LogP contribution in [-0.2, 0) is 10.0 Å². The molecule has 1 aliphatic rings. The van der Waals surface area contributed by atoms with Gasteiger partial charge in [0.25, 0.3) is 0 Å². The molecule has 0 aromatic carbocycles. The van der Waals surface area contributed by atoms with E-state index >= 15 is 0 Å². The Hall–Kier alpha value is -0.250. The van der Waals surface area contributed by atoms with E-state index in [-0.39, 0.29) is 0 Å². The first-order valence-electron chi connectivity index (χ1n) is 4.66. The quantitative estimate of drug-likeness (QED) is 0.786. The highest BCUT2D eigenvalue weighted by atomic mass is 79.9. The molecule has 1 saturated heterocycles. The zero-order valence-electron chi connectivity index (χ0n) is 8.63. The average molecular weight is 327 g/mol. The zero-order chi connectivity index (χ0) is 11.8. The number of rotatable bonds is 2. The highest BCUT2D eigenvalue weighted by molar-refractivity contribution is 9.11. The summed E-state index contributed by atoms with van der Waals surface area (Å²) < 4.78 is 24.8. The molecule has 0 bridgehead atoms. The van der Waals surface area contributed by atoms with Crippen molar-refractivity contribution in [2.45, 2.75) is 0 Å². The molecule has 1 fully saturated rings. The number of aromatic nitrogens is 2. The second kappa shape index (κ2) is 4.55. The van der Waals surface area contributed by atoms with E-state index in [9.17, 15) is 8.42 Å². The molecule has 0 N–H and O–H groups in total. The van der Waals surface area contributed by atoms with Gasteiger partial charge in [0.1, 0.15) is 0 Å². The summed E-state index contributed by atoms with van der Waals surface area (Å²) in [6.07, 6.45) is 1.24. The van der Waals surface area contributed by atoms with Crippen LogP contribution < -0.4 is 4.90 Å². The third-order valence-corrected chi connectivity index (χ3v) is 5.09. The molecule has 16 heavy (non-hydrogen) atoms. The van der Waals surface area contributed by atoms with Crippen molar-refractivity contribution in [2.75, 3.05) is 37.3 Å². The van der Waals surface area contributed by atoms with Gasteiger partial charge in [-0.15, -0.1) is 10.2 Å². The van der Waals surface area contributed by atoms with Gasteiger partial charge in [-0.3, -0.25) is 0 Å². The Morgan fingerprint density at radius 3 is 2.31 bits per heavy atom. The molecule has 0 unspecified atom stereocenters. The Balaban J connectivity index is 2.00. The van der Waals surface area contributed by atoms with Crippen molar-refractivity contribution in [3.63, 3.8) is 0 Å². The molecule has 0 spiro atoms. The Labute approximate surface area is 106 Å². The normalized spacial score (nSPS) is 19.0. The van der Waals surface area contributed by atoms with Crippen LogP contribution in [0.4, 0.5) is 5.13 Å². The summed E-state index contributed by atoms with van der Waals surface area (Å²) >= 11 is 4.71. The van der Waals surface area contributed by atoms with E-state index < -0.39 is 10.0 Å². The van der Waals surface area contributed by atoms with Crippen molar-refractivity contribution in [3.05, 3.63) is 3.92 Å². The van der Waals surface area contributed by atoms with Gasteiger partial charge in [-0.25, -0.2) is 8.42 Å². The van der Waals surface area contributed by atoms with E-state index in [2.05, 4.69) is 26.1 Å². The van der Waals surface area contributed by atoms with E-state index in [0.717, 1.165) is 9.05 Å². The van der Waals surface area contributed by atoms with Crippen LogP contribution in [0.15, 0.2) is 3.92 Å². The average Bonchev–Trinajstić information content (AvgIpc) is 2.64. The third-order valence-electron chi connectivity index (χ3n) is 2.37. The van der Waals surface area contributed by atoms with Crippen LogP contribution in [-0.4, -0.2) is 55.4 Å². The van der Waals surface area contributed by atoms with Crippen molar-refractivity contribution in [2.24, 2.45) is 0 Å². The first-order valence-corrected chi connectivity index (χ1v) is 8.11. The summed E-state index contributed by atoms with van der Waals surface area (Å²) in [4.78, 5) is 2.05. The fourth-order valence-corrected chi connectivity index (χ4v) is 3.50. The number of hydrogen-bond donors (Lipinski definition) is 0. The molecule has 2 rings (SSSR count). The summed E-state index contributed by atoms with van der Waals surface area (Å²) in [5, 5.41) is 8.71. The number of anilines is 1. The molecule has 1 aromatic rings. The van der Waals surface area contributed by atoms with Gasteiger partial charge >= 0.3 is 0 Å². The molecule has 0 aliphatic carbocycles. The maximum atomic E-state index is 11.3. The first-order chi connectivity index (χ1) is 7.47. The predicted octanol–water partition coefficient (Wildman–Crippen LogP) is 0.382. The summed E-state index contributed by atoms with van der Waals surface area (Å²) in [6.45, 7) is 2.34. The van der Waals surface area contributed by atoms with Crippen molar-refractivity contribution < 1.29 is 8.42 Å². The molecule has 1 aliphatic heterocycles. The predicted molar refractivity (Wildman–Crippen MR) is 66.2 cm³/mol. The number of piperazine rings is 1. The minimum atomic E-state index is -3.06. The molecule has 0 saturated carbocycles. The smallest absolute Gasteiger partial charge is 0.211 e. The summed E-state index contributed by atoms with van der Waals surface area (Å²) in [7, 11) is -3.06. The lowest BCUT2D eigenvalue weighted by molar-refractivity contribution is 0.387. The Bertz CT molecular complexity index is 466. The van der Waals surface area contributed by atoms with Crippen LogP contribution in [0.3, 0.4) is 0 Å². The van der Waals surface area contributed by atoms with Gasteiger partial charge in [0, 0.05) is 26.2 Å². The highest BCUT2D eigenvalue weighted by Crippen LogP contribution is 2.25. The van der Waals surface area contributed by atoms with Gasteiger partial charge in [0.15, 0.2) is 3.92 Å². The van der Waals surface area contributed by atoms with Crippen molar-refractivity contribution in [3.8, 4) is 0 Å². The molecule has 0 amide bonds. The van der Waals surface area contributed by atoms with Gasteiger partial charge in [-0.1, -0.05) is 11.3 Å². The number of hydrogen-bond acceptors (Lipinski definition) is 6. The lowest BCUT2D eigenvalue weighted by Gasteiger charge is -2.32. The Kier molecular flexibility index (Phi) is 3.48. The second-order valence-electron chi connectivity index (χ2n) is 3.49. The SMILES string of the molecule is CS(=O)(=O)N1CCN(c2nnc(Br)s2)CC1. The number of halogens is 1. The van der Waals surface area contributed by atoms with Crippen LogP contribution in [0.25, 0.3) is 0 Å². The van der Waals surface area contributed by atoms with Gasteiger partial charge in [0.05, 0.1) is 6.26 Å². The van der Waals surface area contributed by atoms with Crippen molar-refractivity contribution >= 4 is 42.4 Å². The molecule has 90 valence electrons. The molecule has 9 heteroatoms. The minimum Gasteiger partial charge on any atom is -0.344 e. The molecule has 2 heterocycles. The highest BCUT2D eigenvalue weighted by Gasteiger charge is 2.24. The van der Waals surface area contributed by atoms with Crippen LogP contribution in [0.1, 0.15) is 0 Å². The van der Waals surface area contributed by atoms with E-state index in [4.69, 9.17) is 0 Å². The maximum Gasteiger partial charge on any atom is 0.211 e. The lowest BCUT2D eigenvalue weighted by atomic mass is 10.4. The maximum absolute atomic E-state index is 11.3. The Morgan fingerprint density at radius 2 is 1.88 bits per heavy atom. The molecule has 6 nitrogen and oxygen atoms in total. The standard InChI is InChI=1S/C7H11BrN4O2S2/c1-16(13,14)12-4-2-11(3-5-12)7-10-9-6(8)15-7/h2-5H2,1H3.